The standard InChI is InChI=1S/C18H23N3O5/c19-10-13-2-4-15(26-13)18(23)21-7-5-20(6-8-21)17(22)12-1-3-14-16(9-12)25-11-24-14/h1,3,9,13,15H,2,4-8,10-11,19H2/t13-,15+/m1/s1. The van der Waals surface area contributed by atoms with Gasteiger partial charge < -0.3 is 29.7 Å². The van der Waals surface area contributed by atoms with E-state index in [0.717, 1.165) is 12.8 Å². The van der Waals surface area contributed by atoms with Crippen LogP contribution in [0.4, 0.5) is 0 Å². The van der Waals surface area contributed by atoms with E-state index in [0.29, 0.717) is 49.8 Å². The van der Waals surface area contributed by atoms with Crippen LogP contribution in [-0.2, 0) is 9.53 Å². The predicted molar refractivity (Wildman–Crippen MR) is 92.0 cm³/mol. The molecule has 3 heterocycles. The van der Waals surface area contributed by atoms with E-state index in [1.807, 2.05) is 0 Å². The topological polar surface area (TPSA) is 94.3 Å². The Morgan fingerprint density at radius 3 is 2.50 bits per heavy atom. The van der Waals surface area contributed by atoms with Gasteiger partial charge in [-0.05, 0) is 31.0 Å². The summed E-state index contributed by atoms with van der Waals surface area (Å²) in [7, 11) is 0. The maximum atomic E-state index is 12.7. The van der Waals surface area contributed by atoms with E-state index in [2.05, 4.69) is 0 Å². The quantitative estimate of drug-likeness (QED) is 0.827. The van der Waals surface area contributed by atoms with E-state index in [4.69, 9.17) is 19.9 Å². The lowest BCUT2D eigenvalue weighted by Gasteiger charge is -2.35. The van der Waals surface area contributed by atoms with Crippen molar-refractivity contribution >= 4 is 11.8 Å². The van der Waals surface area contributed by atoms with Crippen LogP contribution in [0.5, 0.6) is 11.5 Å². The summed E-state index contributed by atoms with van der Waals surface area (Å²) in [5, 5.41) is 0. The Bertz CT molecular complexity index is 702. The fourth-order valence-electron chi connectivity index (χ4n) is 3.61. The maximum Gasteiger partial charge on any atom is 0.254 e. The van der Waals surface area contributed by atoms with Gasteiger partial charge in [-0.3, -0.25) is 9.59 Å². The fourth-order valence-corrected chi connectivity index (χ4v) is 3.61. The van der Waals surface area contributed by atoms with Gasteiger partial charge in [-0.15, -0.1) is 0 Å². The van der Waals surface area contributed by atoms with Crippen LogP contribution in [0, 0.1) is 0 Å². The number of nitrogens with zero attached hydrogens (tertiary/aromatic N) is 2. The lowest BCUT2D eigenvalue weighted by atomic mass is 10.1. The monoisotopic (exact) mass is 361 g/mol. The van der Waals surface area contributed by atoms with Crippen LogP contribution in [0.1, 0.15) is 23.2 Å². The Balaban J connectivity index is 1.33. The van der Waals surface area contributed by atoms with Crippen LogP contribution < -0.4 is 15.2 Å². The van der Waals surface area contributed by atoms with Crippen LogP contribution in [-0.4, -0.2) is 73.3 Å². The Labute approximate surface area is 151 Å². The zero-order valence-corrected chi connectivity index (χ0v) is 14.6. The molecule has 2 saturated heterocycles. The van der Waals surface area contributed by atoms with E-state index >= 15 is 0 Å². The summed E-state index contributed by atoms with van der Waals surface area (Å²) in [6.45, 7) is 2.67. The normalized spacial score (nSPS) is 24.8. The molecule has 8 heteroatoms. The molecule has 8 nitrogen and oxygen atoms in total. The third-order valence-electron chi connectivity index (χ3n) is 5.14. The zero-order chi connectivity index (χ0) is 18.1. The molecular formula is C18H23N3O5. The molecule has 140 valence electrons. The van der Waals surface area contributed by atoms with Crippen molar-refractivity contribution in [3.05, 3.63) is 23.8 Å². The second-order valence-electron chi connectivity index (χ2n) is 6.75. The first-order chi connectivity index (χ1) is 12.7. The largest absolute Gasteiger partial charge is 0.454 e. The minimum atomic E-state index is -0.389. The molecule has 26 heavy (non-hydrogen) atoms. The summed E-state index contributed by atoms with van der Waals surface area (Å²) in [5.41, 5.74) is 6.17. The van der Waals surface area contributed by atoms with Gasteiger partial charge in [0, 0.05) is 38.3 Å². The number of benzene rings is 1. The highest BCUT2D eigenvalue weighted by atomic mass is 16.7. The summed E-state index contributed by atoms with van der Waals surface area (Å²) in [6.07, 6.45) is 1.14. The molecule has 3 aliphatic rings. The average Bonchev–Trinajstić information content (AvgIpc) is 3.35. The fraction of sp³-hybridized carbons (Fsp3) is 0.556. The van der Waals surface area contributed by atoms with Crippen LogP contribution in [0.2, 0.25) is 0 Å². The summed E-state index contributed by atoms with van der Waals surface area (Å²) < 4.78 is 16.3. The molecule has 0 saturated carbocycles. The second kappa shape index (κ2) is 7.13. The zero-order valence-electron chi connectivity index (χ0n) is 14.6. The van der Waals surface area contributed by atoms with E-state index < -0.39 is 0 Å². The molecule has 0 aliphatic carbocycles. The molecule has 2 amide bonds. The molecule has 2 N–H and O–H groups in total. The first-order valence-corrected chi connectivity index (χ1v) is 8.99. The van der Waals surface area contributed by atoms with Crippen LogP contribution >= 0.6 is 0 Å². The summed E-state index contributed by atoms with van der Waals surface area (Å²) in [6, 6.07) is 5.20. The van der Waals surface area contributed by atoms with Gasteiger partial charge in [-0.2, -0.15) is 0 Å². The number of carbonyl (C=O) groups excluding carboxylic acids is 2. The van der Waals surface area contributed by atoms with Crippen molar-refractivity contribution < 1.29 is 23.8 Å². The van der Waals surface area contributed by atoms with Crippen molar-refractivity contribution in [3.63, 3.8) is 0 Å². The van der Waals surface area contributed by atoms with E-state index in [9.17, 15) is 9.59 Å². The van der Waals surface area contributed by atoms with Gasteiger partial charge in [0.1, 0.15) is 6.10 Å². The van der Waals surface area contributed by atoms with Crippen molar-refractivity contribution in [1.82, 2.24) is 9.80 Å². The molecule has 0 bridgehead atoms. The molecule has 0 radical (unpaired) electrons. The Morgan fingerprint density at radius 2 is 1.77 bits per heavy atom. The molecule has 4 rings (SSSR count). The van der Waals surface area contributed by atoms with E-state index in [1.165, 1.54) is 0 Å². The number of nitrogens with two attached hydrogens (primary N) is 1. The van der Waals surface area contributed by atoms with Gasteiger partial charge in [0.05, 0.1) is 6.10 Å². The molecule has 2 atom stereocenters. The first-order valence-electron chi connectivity index (χ1n) is 8.99. The highest BCUT2D eigenvalue weighted by molar-refractivity contribution is 5.95. The van der Waals surface area contributed by atoms with Gasteiger partial charge in [0.2, 0.25) is 6.79 Å². The van der Waals surface area contributed by atoms with Crippen molar-refractivity contribution in [1.29, 1.82) is 0 Å². The average molecular weight is 361 g/mol. The third kappa shape index (κ3) is 3.22. The lowest BCUT2D eigenvalue weighted by molar-refractivity contribution is -0.144. The van der Waals surface area contributed by atoms with Gasteiger partial charge in [0.25, 0.3) is 11.8 Å². The molecule has 1 aromatic carbocycles. The smallest absolute Gasteiger partial charge is 0.254 e. The van der Waals surface area contributed by atoms with Gasteiger partial charge in [-0.25, -0.2) is 0 Å². The van der Waals surface area contributed by atoms with Gasteiger partial charge in [-0.1, -0.05) is 0 Å². The number of fused-ring (bicyclic) bond motifs is 1. The molecule has 2 fully saturated rings. The molecular weight excluding hydrogens is 338 g/mol. The number of hydrogen-bond donors (Lipinski definition) is 1. The Morgan fingerprint density at radius 1 is 1.04 bits per heavy atom. The molecule has 1 aromatic rings. The van der Waals surface area contributed by atoms with Crippen molar-refractivity contribution in [2.75, 3.05) is 39.5 Å². The summed E-state index contributed by atoms with van der Waals surface area (Å²) >= 11 is 0. The minimum absolute atomic E-state index is 0.0103. The Kier molecular flexibility index (Phi) is 4.69. The summed E-state index contributed by atoms with van der Waals surface area (Å²) in [4.78, 5) is 28.8. The van der Waals surface area contributed by atoms with Crippen LogP contribution in [0.15, 0.2) is 18.2 Å². The van der Waals surface area contributed by atoms with Crippen molar-refractivity contribution in [2.24, 2.45) is 5.73 Å². The molecule has 3 aliphatic heterocycles. The maximum absolute atomic E-state index is 12.7. The lowest BCUT2D eigenvalue weighted by Crippen LogP contribution is -2.53. The molecule has 0 spiro atoms. The first kappa shape index (κ1) is 17.1. The second-order valence-corrected chi connectivity index (χ2v) is 6.75. The third-order valence-corrected chi connectivity index (χ3v) is 5.14. The molecule has 0 unspecified atom stereocenters. The summed E-state index contributed by atoms with van der Waals surface area (Å²) in [5.74, 6) is 1.20. The number of carbonyl (C=O) groups is 2. The van der Waals surface area contributed by atoms with Crippen molar-refractivity contribution in [2.45, 2.75) is 25.0 Å². The Hall–Kier alpha value is -2.32. The molecule has 0 aromatic heterocycles. The van der Waals surface area contributed by atoms with E-state index in [1.54, 1.807) is 28.0 Å². The SMILES string of the molecule is NC[C@H]1CC[C@@H](C(=O)N2CCN(C(=O)c3ccc4c(c3)OCO4)CC2)O1. The highest BCUT2D eigenvalue weighted by Crippen LogP contribution is 2.33. The minimum Gasteiger partial charge on any atom is -0.454 e. The number of amides is 2. The van der Waals surface area contributed by atoms with E-state index in [-0.39, 0.29) is 30.8 Å². The number of rotatable bonds is 3. The van der Waals surface area contributed by atoms with Gasteiger partial charge >= 0.3 is 0 Å². The van der Waals surface area contributed by atoms with Crippen LogP contribution in [0.25, 0.3) is 0 Å². The van der Waals surface area contributed by atoms with Gasteiger partial charge in [0.15, 0.2) is 11.5 Å². The number of hydrogen-bond acceptors (Lipinski definition) is 6. The van der Waals surface area contributed by atoms with Crippen molar-refractivity contribution in [3.8, 4) is 11.5 Å². The number of piperazine rings is 1. The predicted octanol–water partition coefficient (Wildman–Crippen LogP) is 0.206. The van der Waals surface area contributed by atoms with Crippen LogP contribution in [0.3, 0.4) is 0 Å². The number of ether oxygens (including phenoxy) is 3. The highest BCUT2D eigenvalue weighted by Gasteiger charge is 2.34.